The van der Waals surface area contributed by atoms with Gasteiger partial charge in [-0.3, -0.25) is 4.79 Å². The highest BCUT2D eigenvalue weighted by Crippen LogP contribution is 2.27. The topological polar surface area (TPSA) is 29.1 Å². The van der Waals surface area contributed by atoms with E-state index in [0.29, 0.717) is 5.25 Å². The molecule has 1 atom stereocenters. The first-order valence-corrected chi connectivity index (χ1v) is 8.90. The molecule has 0 aliphatic heterocycles. The van der Waals surface area contributed by atoms with Crippen molar-refractivity contribution in [3.05, 3.63) is 64.7 Å². The average molecular weight is 327 g/mol. The molecular formula is C20H25NOS. The molecule has 0 saturated heterocycles. The van der Waals surface area contributed by atoms with Crippen LogP contribution in [0.1, 0.15) is 53.9 Å². The number of amides is 1. The van der Waals surface area contributed by atoms with E-state index in [1.165, 1.54) is 11.1 Å². The lowest BCUT2D eigenvalue weighted by Crippen LogP contribution is -2.27. The minimum Gasteiger partial charge on any atom is -0.345 e. The second-order valence-corrected chi connectivity index (χ2v) is 7.82. The van der Waals surface area contributed by atoms with Gasteiger partial charge >= 0.3 is 0 Å². The molecule has 0 aliphatic carbocycles. The highest BCUT2D eigenvalue weighted by atomic mass is 32.2. The fourth-order valence-electron chi connectivity index (χ4n) is 2.40. The van der Waals surface area contributed by atoms with Gasteiger partial charge in [0.15, 0.2) is 0 Å². The second kappa shape index (κ2) is 7.69. The molecule has 122 valence electrons. The number of aryl methyl sites for hydroxylation is 2. The van der Waals surface area contributed by atoms with E-state index in [4.69, 9.17) is 0 Å². The van der Waals surface area contributed by atoms with Crippen LogP contribution in [0.3, 0.4) is 0 Å². The quantitative estimate of drug-likeness (QED) is 0.756. The fraction of sp³-hybridized carbons (Fsp3) is 0.350. The van der Waals surface area contributed by atoms with E-state index < -0.39 is 0 Å². The summed E-state index contributed by atoms with van der Waals surface area (Å²) in [5, 5.41) is 3.57. The molecule has 2 aromatic carbocycles. The van der Waals surface area contributed by atoms with Gasteiger partial charge in [-0.25, -0.2) is 0 Å². The lowest BCUT2D eigenvalue weighted by Gasteiger charge is -2.17. The number of benzene rings is 2. The smallest absolute Gasteiger partial charge is 0.252 e. The van der Waals surface area contributed by atoms with E-state index >= 15 is 0 Å². The van der Waals surface area contributed by atoms with Crippen LogP contribution in [-0.4, -0.2) is 11.2 Å². The van der Waals surface area contributed by atoms with Crippen LogP contribution >= 0.6 is 11.8 Å². The van der Waals surface area contributed by atoms with Gasteiger partial charge in [-0.05, 0) is 49.6 Å². The van der Waals surface area contributed by atoms with Crippen molar-refractivity contribution in [3.8, 4) is 0 Å². The molecular weight excluding hydrogens is 302 g/mol. The van der Waals surface area contributed by atoms with E-state index in [9.17, 15) is 4.79 Å². The van der Waals surface area contributed by atoms with E-state index in [-0.39, 0.29) is 11.9 Å². The van der Waals surface area contributed by atoms with E-state index in [1.807, 2.05) is 31.2 Å². The molecule has 2 nitrogen and oxygen atoms in total. The van der Waals surface area contributed by atoms with Gasteiger partial charge in [0.2, 0.25) is 0 Å². The summed E-state index contributed by atoms with van der Waals surface area (Å²) >= 11 is 1.72. The predicted octanol–water partition coefficient (Wildman–Crippen LogP) is 5.29. The molecule has 23 heavy (non-hydrogen) atoms. The Balaban J connectivity index is 2.16. The van der Waals surface area contributed by atoms with Gasteiger partial charge in [0.25, 0.3) is 5.91 Å². The van der Waals surface area contributed by atoms with Gasteiger partial charge in [-0.2, -0.15) is 0 Å². The Hall–Kier alpha value is -1.74. The largest absolute Gasteiger partial charge is 0.345 e. The minimum absolute atomic E-state index is 0.0144. The third-order valence-corrected chi connectivity index (χ3v) is 4.95. The Morgan fingerprint density at radius 1 is 1.00 bits per heavy atom. The Morgan fingerprint density at radius 3 is 2.35 bits per heavy atom. The predicted molar refractivity (Wildman–Crippen MR) is 99.2 cm³/mol. The Morgan fingerprint density at radius 2 is 1.70 bits per heavy atom. The fourth-order valence-corrected chi connectivity index (χ4v) is 3.36. The lowest BCUT2D eigenvalue weighted by molar-refractivity contribution is 0.0937. The van der Waals surface area contributed by atoms with E-state index in [2.05, 4.69) is 51.2 Å². The summed E-state index contributed by atoms with van der Waals surface area (Å²) < 4.78 is 0. The highest BCUT2D eigenvalue weighted by Gasteiger charge is 2.15. The van der Waals surface area contributed by atoms with Crippen LogP contribution in [-0.2, 0) is 0 Å². The first-order valence-electron chi connectivity index (χ1n) is 8.02. The van der Waals surface area contributed by atoms with Gasteiger partial charge < -0.3 is 5.32 Å². The first kappa shape index (κ1) is 17.6. The SMILES string of the molecule is Cc1ccc(C(C)NC(=O)c2ccccc2SC(C)C)cc1C. The summed E-state index contributed by atoms with van der Waals surface area (Å²) in [6, 6.07) is 14.1. The molecule has 2 rings (SSSR count). The minimum atomic E-state index is -0.0149. The molecule has 0 fully saturated rings. The van der Waals surface area contributed by atoms with Crippen LogP contribution in [0.2, 0.25) is 0 Å². The van der Waals surface area contributed by atoms with Gasteiger partial charge in [-0.1, -0.05) is 44.2 Å². The van der Waals surface area contributed by atoms with Crippen LogP contribution < -0.4 is 5.32 Å². The number of carbonyl (C=O) groups is 1. The lowest BCUT2D eigenvalue weighted by atomic mass is 10.0. The van der Waals surface area contributed by atoms with Crippen molar-refractivity contribution in [1.82, 2.24) is 5.32 Å². The number of nitrogens with one attached hydrogen (secondary N) is 1. The van der Waals surface area contributed by atoms with Crippen LogP contribution in [0.15, 0.2) is 47.4 Å². The molecule has 0 aromatic heterocycles. The molecule has 1 amide bonds. The van der Waals surface area contributed by atoms with E-state index in [1.54, 1.807) is 11.8 Å². The normalized spacial score (nSPS) is 12.3. The molecule has 0 saturated carbocycles. The summed E-state index contributed by atoms with van der Waals surface area (Å²) in [5.41, 5.74) is 4.41. The number of hydrogen-bond acceptors (Lipinski definition) is 2. The van der Waals surface area contributed by atoms with Crippen molar-refractivity contribution in [1.29, 1.82) is 0 Å². The maximum atomic E-state index is 12.7. The molecule has 0 spiro atoms. The van der Waals surface area contributed by atoms with Crippen LogP contribution in [0.5, 0.6) is 0 Å². The van der Waals surface area contributed by atoms with Crippen molar-refractivity contribution in [2.24, 2.45) is 0 Å². The van der Waals surface area contributed by atoms with Gasteiger partial charge in [0.1, 0.15) is 0 Å². The number of hydrogen-bond donors (Lipinski definition) is 1. The van der Waals surface area contributed by atoms with Crippen molar-refractivity contribution in [2.45, 2.75) is 50.8 Å². The molecule has 3 heteroatoms. The average Bonchev–Trinajstić information content (AvgIpc) is 2.49. The maximum absolute atomic E-state index is 12.7. The van der Waals surface area contributed by atoms with Crippen LogP contribution in [0, 0.1) is 13.8 Å². The number of carbonyl (C=O) groups excluding carboxylic acids is 1. The number of rotatable bonds is 5. The van der Waals surface area contributed by atoms with Gasteiger partial charge in [0.05, 0.1) is 11.6 Å². The Bertz CT molecular complexity index is 694. The zero-order valence-corrected chi connectivity index (χ0v) is 15.3. The third kappa shape index (κ3) is 4.61. The molecule has 0 radical (unpaired) electrons. The first-order chi connectivity index (χ1) is 10.9. The number of thioether (sulfide) groups is 1. The Kier molecular flexibility index (Phi) is 5.89. The molecule has 0 aliphatic rings. The Labute approximate surface area is 143 Å². The highest BCUT2D eigenvalue weighted by molar-refractivity contribution is 8.00. The zero-order chi connectivity index (χ0) is 17.0. The maximum Gasteiger partial charge on any atom is 0.252 e. The van der Waals surface area contributed by atoms with Crippen molar-refractivity contribution in [2.75, 3.05) is 0 Å². The molecule has 1 unspecified atom stereocenters. The van der Waals surface area contributed by atoms with Crippen molar-refractivity contribution in [3.63, 3.8) is 0 Å². The second-order valence-electron chi connectivity index (χ2n) is 6.20. The van der Waals surface area contributed by atoms with Crippen molar-refractivity contribution < 1.29 is 4.79 Å². The molecule has 0 heterocycles. The standard InChI is InChI=1S/C20H25NOS/c1-13(2)23-19-9-7-6-8-18(19)20(22)21-16(5)17-11-10-14(3)15(4)12-17/h6-13,16H,1-5H3,(H,21,22). The summed E-state index contributed by atoms with van der Waals surface area (Å²) in [7, 11) is 0. The zero-order valence-electron chi connectivity index (χ0n) is 14.5. The summed E-state index contributed by atoms with van der Waals surface area (Å²) in [6.45, 7) is 10.5. The van der Waals surface area contributed by atoms with Gasteiger partial charge in [0, 0.05) is 10.1 Å². The van der Waals surface area contributed by atoms with Crippen LogP contribution in [0.4, 0.5) is 0 Å². The van der Waals surface area contributed by atoms with Gasteiger partial charge in [-0.15, -0.1) is 11.8 Å². The third-order valence-electron chi connectivity index (χ3n) is 3.87. The summed E-state index contributed by atoms with van der Waals surface area (Å²) in [6.07, 6.45) is 0. The summed E-state index contributed by atoms with van der Waals surface area (Å²) in [4.78, 5) is 13.7. The van der Waals surface area contributed by atoms with Crippen LogP contribution in [0.25, 0.3) is 0 Å². The van der Waals surface area contributed by atoms with E-state index in [0.717, 1.165) is 16.0 Å². The molecule has 0 bridgehead atoms. The van der Waals surface area contributed by atoms with Crippen molar-refractivity contribution >= 4 is 17.7 Å². The molecule has 1 N–H and O–H groups in total. The summed E-state index contributed by atoms with van der Waals surface area (Å²) in [5.74, 6) is -0.0144. The molecule has 2 aromatic rings. The monoisotopic (exact) mass is 327 g/mol.